The third-order valence-corrected chi connectivity index (χ3v) is 6.38. The monoisotopic (exact) mass is 473 g/mol. The molecule has 0 aliphatic heterocycles. The molecular formula is C24H31N3O5S. The number of aromatic amines is 1. The van der Waals surface area contributed by atoms with Gasteiger partial charge in [-0.1, -0.05) is 32.0 Å². The van der Waals surface area contributed by atoms with Crippen LogP contribution in [0.4, 0.5) is 0 Å². The zero-order chi connectivity index (χ0) is 24.1. The Morgan fingerprint density at radius 3 is 2.64 bits per heavy atom. The number of aliphatic hydroxyl groups excluding tert-OH is 1. The molecule has 1 unspecified atom stereocenters. The molecule has 3 aromatic rings. The van der Waals surface area contributed by atoms with Crippen LogP contribution in [0.2, 0.25) is 0 Å². The first-order valence-electron chi connectivity index (χ1n) is 10.9. The summed E-state index contributed by atoms with van der Waals surface area (Å²) in [4.78, 5) is 35.1. The van der Waals surface area contributed by atoms with E-state index in [0.29, 0.717) is 52.0 Å². The molecule has 9 heteroatoms. The molecule has 0 radical (unpaired) electrons. The van der Waals surface area contributed by atoms with Gasteiger partial charge in [0.1, 0.15) is 34.0 Å². The summed E-state index contributed by atoms with van der Waals surface area (Å²) in [7, 11) is 1.31. The van der Waals surface area contributed by atoms with E-state index in [1.54, 1.807) is 6.92 Å². The summed E-state index contributed by atoms with van der Waals surface area (Å²) < 4.78 is 10.6. The number of benzene rings is 1. The molecule has 1 atom stereocenters. The van der Waals surface area contributed by atoms with Crippen molar-refractivity contribution in [2.75, 3.05) is 26.8 Å². The molecule has 3 rings (SSSR count). The smallest absolute Gasteiger partial charge is 0.348 e. The van der Waals surface area contributed by atoms with Crippen molar-refractivity contribution in [3.8, 4) is 5.75 Å². The number of carbonyl (C=O) groups excluding carboxylic acids is 1. The van der Waals surface area contributed by atoms with Crippen LogP contribution in [0.3, 0.4) is 0 Å². The summed E-state index contributed by atoms with van der Waals surface area (Å²) in [5.74, 6) is 1.10. The Bertz CT molecular complexity index is 1170. The lowest BCUT2D eigenvalue weighted by Crippen LogP contribution is -2.38. The van der Waals surface area contributed by atoms with Gasteiger partial charge in [-0.3, -0.25) is 9.69 Å². The van der Waals surface area contributed by atoms with E-state index < -0.39 is 12.1 Å². The van der Waals surface area contributed by atoms with Crippen molar-refractivity contribution in [1.29, 1.82) is 0 Å². The van der Waals surface area contributed by atoms with Crippen molar-refractivity contribution in [3.63, 3.8) is 0 Å². The Kier molecular flexibility index (Phi) is 8.23. The van der Waals surface area contributed by atoms with Crippen molar-refractivity contribution in [1.82, 2.24) is 14.9 Å². The van der Waals surface area contributed by atoms with Crippen LogP contribution in [-0.2, 0) is 11.3 Å². The van der Waals surface area contributed by atoms with Gasteiger partial charge in [-0.25, -0.2) is 9.78 Å². The van der Waals surface area contributed by atoms with Crippen LogP contribution in [0, 0.1) is 19.8 Å². The van der Waals surface area contributed by atoms with Gasteiger partial charge in [0.05, 0.1) is 19.0 Å². The van der Waals surface area contributed by atoms with Gasteiger partial charge in [0.15, 0.2) is 0 Å². The summed E-state index contributed by atoms with van der Waals surface area (Å²) in [6.07, 6.45) is -0.714. The molecule has 0 saturated heterocycles. The molecule has 178 valence electrons. The quantitative estimate of drug-likeness (QED) is 0.435. The fraction of sp³-hybridized carbons (Fsp3) is 0.458. The zero-order valence-electron chi connectivity index (χ0n) is 19.7. The molecule has 8 nitrogen and oxygen atoms in total. The van der Waals surface area contributed by atoms with Crippen LogP contribution in [0.1, 0.15) is 40.5 Å². The number of methoxy groups -OCH3 is 1. The van der Waals surface area contributed by atoms with Crippen LogP contribution in [-0.4, -0.2) is 58.9 Å². The second kappa shape index (κ2) is 10.9. The molecule has 0 fully saturated rings. The molecule has 2 N–H and O–H groups in total. The molecule has 0 spiro atoms. The number of rotatable bonds is 10. The number of H-pyrrole nitrogens is 1. The van der Waals surface area contributed by atoms with Gasteiger partial charge in [0.25, 0.3) is 5.56 Å². The standard InChI is InChI=1S/C24H31N3O5S/c1-14(2)10-27(11-17(28)13-32-18-9-7-6-8-15(18)3)12-19-25-22(29)20-16(4)21(24(30)31-5)33-23(20)26-19/h6-9,14,17,28H,10-13H2,1-5H3,(H,25,26,29). The van der Waals surface area contributed by atoms with Gasteiger partial charge >= 0.3 is 5.97 Å². The molecule has 33 heavy (non-hydrogen) atoms. The summed E-state index contributed by atoms with van der Waals surface area (Å²) >= 11 is 1.15. The topological polar surface area (TPSA) is 105 Å². The number of nitrogens with one attached hydrogen (secondary N) is 1. The number of aromatic nitrogens is 2. The maximum absolute atomic E-state index is 12.7. The van der Waals surface area contributed by atoms with E-state index >= 15 is 0 Å². The minimum absolute atomic E-state index is 0.162. The Balaban J connectivity index is 1.76. The lowest BCUT2D eigenvalue weighted by molar-refractivity contribution is 0.0601. The first kappa shape index (κ1) is 24.9. The highest BCUT2D eigenvalue weighted by molar-refractivity contribution is 7.20. The molecule has 0 aliphatic rings. The van der Waals surface area contributed by atoms with Crippen LogP contribution in [0.5, 0.6) is 5.75 Å². The van der Waals surface area contributed by atoms with E-state index in [4.69, 9.17) is 9.47 Å². The molecular weight excluding hydrogens is 442 g/mol. The maximum Gasteiger partial charge on any atom is 0.348 e. The van der Waals surface area contributed by atoms with Crippen LogP contribution in [0.15, 0.2) is 29.1 Å². The summed E-state index contributed by atoms with van der Waals surface area (Å²) in [6.45, 7) is 9.45. The summed E-state index contributed by atoms with van der Waals surface area (Å²) in [5, 5.41) is 11.0. The van der Waals surface area contributed by atoms with Gasteiger partial charge in [0.2, 0.25) is 0 Å². The Labute approximate surface area is 197 Å². The lowest BCUT2D eigenvalue weighted by Gasteiger charge is -2.26. The molecule has 0 bridgehead atoms. The minimum atomic E-state index is -0.714. The van der Waals surface area contributed by atoms with Gasteiger partial charge < -0.3 is 19.6 Å². The van der Waals surface area contributed by atoms with E-state index in [9.17, 15) is 14.7 Å². The highest BCUT2D eigenvalue weighted by atomic mass is 32.1. The number of nitrogens with zero attached hydrogens (tertiary/aromatic N) is 2. The highest BCUT2D eigenvalue weighted by Crippen LogP contribution is 2.27. The normalized spacial score (nSPS) is 12.5. The third kappa shape index (κ3) is 6.19. The Morgan fingerprint density at radius 2 is 1.97 bits per heavy atom. The molecule has 2 aromatic heterocycles. The molecule has 2 heterocycles. The predicted molar refractivity (Wildman–Crippen MR) is 129 cm³/mol. The van der Waals surface area contributed by atoms with E-state index in [1.165, 1.54) is 7.11 Å². The van der Waals surface area contributed by atoms with E-state index in [1.807, 2.05) is 36.1 Å². The van der Waals surface area contributed by atoms with Crippen molar-refractivity contribution in [2.45, 2.75) is 40.3 Å². The number of para-hydroxylation sites is 1. The van der Waals surface area contributed by atoms with Crippen molar-refractivity contribution in [3.05, 3.63) is 56.4 Å². The number of esters is 1. The van der Waals surface area contributed by atoms with Crippen molar-refractivity contribution >= 4 is 27.5 Å². The fourth-order valence-corrected chi connectivity index (χ4v) is 4.86. The number of ether oxygens (including phenoxy) is 2. The Hall–Kier alpha value is -2.75. The number of aliphatic hydroxyl groups is 1. The number of aryl methyl sites for hydroxylation is 2. The predicted octanol–water partition coefficient (Wildman–Crippen LogP) is 3.29. The van der Waals surface area contributed by atoms with Gasteiger partial charge in [-0.05, 0) is 37.0 Å². The molecule has 0 amide bonds. The van der Waals surface area contributed by atoms with Crippen molar-refractivity contribution in [2.24, 2.45) is 5.92 Å². The van der Waals surface area contributed by atoms with Gasteiger partial charge in [0, 0.05) is 13.1 Å². The number of hydrogen-bond donors (Lipinski definition) is 2. The third-order valence-electron chi connectivity index (χ3n) is 5.21. The van der Waals surface area contributed by atoms with Gasteiger partial charge in [-0.15, -0.1) is 11.3 Å². The van der Waals surface area contributed by atoms with E-state index in [0.717, 1.165) is 22.6 Å². The van der Waals surface area contributed by atoms with Crippen LogP contribution in [0.25, 0.3) is 10.2 Å². The summed E-state index contributed by atoms with van der Waals surface area (Å²) in [5.41, 5.74) is 1.30. The summed E-state index contributed by atoms with van der Waals surface area (Å²) in [6, 6.07) is 7.68. The van der Waals surface area contributed by atoms with Crippen molar-refractivity contribution < 1.29 is 19.4 Å². The SMILES string of the molecule is COC(=O)c1sc2nc(CN(CC(C)C)CC(O)COc3ccccc3C)[nH]c(=O)c2c1C. The first-order chi connectivity index (χ1) is 15.7. The molecule has 0 aliphatic carbocycles. The second-order valence-corrected chi connectivity index (χ2v) is 9.56. The number of thiophene rings is 1. The molecule has 1 aromatic carbocycles. The number of fused-ring (bicyclic) bond motifs is 1. The van der Waals surface area contributed by atoms with Crippen LogP contribution < -0.4 is 10.3 Å². The Morgan fingerprint density at radius 1 is 1.24 bits per heavy atom. The van der Waals surface area contributed by atoms with E-state index in [-0.39, 0.29) is 12.2 Å². The van der Waals surface area contributed by atoms with Crippen LogP contribution >= 0.6 is 11.3 Å². The number of hydrogen-bond acceptors (Lipinski definition) is 8. The average molecular weight is 474 g/mol. The molecule has 0 saturated carbocycles. The average Bonchev–Trinajstić information content (AvgIpc) is 3.08. The largest absolute Gasteiger partial charge is 0.491 e. The first-order valence-corrected chi connectivity index (χ1v) is 11.7. The second-order valence-electron chi connectivity index (χ2n) is 8.56. The maximum atomic E-state index is 12.7. The van der Waals surface area contributed by atoms with E-state index in [2.05, 4.69) is 23.8 Å². The number of carbonyl (C=O) groups is 1. The lowest BCUT2D eigenvalue weighted by atomic mass is 10.2. The minimum Gasteiger partial charge on any atom is -0.491 e. The highest BCUT2D eigenvalue weighted by Gasteiger charge is 2.21. The zero-order valence-corrected chi connectivity index (χ0v) is 20.5. The fourth-order valence-electron chi connectivity index (χ4n) is 3.74. The van der Waals surface area contributed by atoms with Gasteiger partial charge in [-0.2, -0.15) is 0 Å².